The van der Waals surface area contributed by atoms with Gasteiger partial charge in [0, 0.05) is 12.5 Å². The standard InChI is InChI=1S/C19H22N2O3.ClH/c1-13(15-7-8-17-18(11-15)24-10-9-23-17)21-19(22)12-16(20)14-5-3-2-4-6-14;/h2-8,11,13,16H,9-10,12,20H2,1H3,(H,21,22);1H. The van der Waals surface area contributed by atoms with Crippen molar-refractivity contribution < 1.29 is 14.3 Å². The molecular formula is C19H23ClN2O3. The summed E-state index contributed by atoms with van der Waals surface area (Å²) in [5, 5.41) is 2.99. The average Bonchev–Trinajstić information content (AvgIpc) is 2.61. The summed E-state index contributed by atoms with van der Waals surface area (Å²) in [6, 6.07) is 14.9. The molecule has 3 N–H and O–H groups in total. The highest BCUT2D eigenvalue weighted by molar-refractivity contribution is 5.85. The highest BCUT2D eigenvalue weighted by Crippen LogP contribution is 2.32. The van der Waals surface area contributed by atoms with Gasteiger partial charge in [0.05, 0.1) is 6.04 Å². The minimum atomic E-state index is -0.307. The van der Waals surface area contributed by atoms with Gasteiger partial charge in [0.1, 0.15) is 13.2 Å². The second kappa shape index (κ2) is 8.74. The van der Waals surface area contributed by atoms with Crippen molar-refractivity contribution in [3.05, 3.63) is 59.7 Å². The topological polar surface area (TPSA) is 73.6 Å². The van der Waals surface area contributed by atoms with E-state index in [2.05, 4.69) is 5.32 Å². The summed E-state index contributed by atoms with van der Waals surface area (Å²) in [5.74, 6) is 1.39. The molecule has 2 aromatic carbocycles. The quantitative estimate of drug-likeness (QED) is 0.856. The Morgan fingerprint density at radius 2 is 1.76 bits per heavy atom. The van der Waals surface area contributed by atoms with E-state index in [0.29, 0.717) is 13.2 Å². The lowest BCUT2D eigenvalue weighted by atomic mass is 10.0. The molecule has 0 saturated heterocycles. The number of halogens is 1. The summed E-state index contributed by atoms with van der Waals surface area (Å²) in [4.78, 5) is 12.3. The summed E-state index contributed by atoms with van der Waals surface area (Å²) in [6.45, 7) is 3.05. The number of carbonyl (C=O) groups is 1. The summed E-state index contributed by atoms with van der Waals surface area (Å²) in [7, 11) is 0. The van der Waals surface area contributed by atoms with Crippen molar-refractivity contribution in [2.24, 2.45) is 5.73 Å². The average molecular weight is 363 g/mol. The molecule has 6 heteroatoms. The van der Waals surface area contributed by atoms with Crippen molar-refractivity contribution in [2.75, 3.05) is 13.2 Å². The number of benzene rings is 2. The number of hydrogen-bond acceptors (Lipinski definition) is 4. The van der Waals surface area contributed by atoms with Crippen LogP contribution in [-0.2, 0) is 4.79 Å². The van der Waals surface area contributed by atoms with Crippen molar-refractivity contribution in [2.45, 2.75) is 25.4 Å². The maximum Gasteiger partial charge on any atom is 0.222 e. The van der Waals surface area contributed by atoms with Gasteiger partial charge in [0.15, 0.2) is 11.5 Å². The Kier molecular flexibility index (Phi) is 6.67. The lowest BCUT2D eigenvalue weighted by Gasteiger charge is -2.21. The third-order valence-corrected chi connectivity index (χ3v) is 4.08. The van der Waals surface area contributed by atoms with Gasteiger partial charge in [-0.1, -0.05) is 36.4 Å². The summed E-state index contributed by atoms with van der Waals surface area (Å²) in [6.07, 6.45) is 0.249. The number of nitrogens with one attached hydrogen (secondary N) is 1. The molecule has 5 nitrogen and oxygen atoms in total. The van der Waals surface area contributed by atoms with E-state index in [4.69, 9.17) is 15.2 Å². The predicted octanol–water partition coefficient (Wildman–Crippen LogP) is 3.15. The van der Waals surface area contributed by atoms with E-state index in [-0.39, 0.29) is 36.8 Å². The van der Waals surface area contributed by atoms with Crippen LogP contribution in [0.2, 0.25) is 0 Å². The number of ether oxygens (including phenoxy) is 2. The Hall–Kier alpha value is -2.24. The third kappa shape index (κ3) is 4.87. The van der Waals surface area contributed by atoms with Gasteiger partial charge >= 0.3 is 0 Å². The number of rotatable bonds is 5. The zero-order valence-corrected chi connectivity index (χ0v) is 14.9. The van der Waals surface area contributed by atoms with Crippen molar-refractivity contribution in [1.82, 2.24) is 5.32 Å². The first-order valence-electron chi connectivity index (χ1n) is 8.13. The molecule has 1 aliphatic heterocycles. The van der Waals surface area contributed by atoms with E-state index < -0.39 is 0 Å². The van der Waals surface area contributed by atoms with E-state index in [0.717, 1.165) is 22.6 Å². The van der Waals surface area contributed by atoms with Crippen molar-refractivity contribution in [3.8, 4) is 11.5 Å². The van der Waals surface area contributed by atoms with E-state index in [1.54, 1.807) is 0 Å². The molecule has 2 unspecified atom stereocenters. The Bertz CT molecular complexity index is 709. The zero-order chi connectivity index (χ0) is 16.9. The van der Waals surface area contributed by atoms with Gasteiger partial charge in [-0.05, 0) is 30.2 Å². The molecule has 3 rings (SSSR count). The van der Waals surface area contributed by atoms with Crippen LogP contribution < -0.4 is 20.5 Å². The van der Waals surface area contributed by atoms with Gasteiger partial charge in [0.2, 0.25) is 5.91 Å². The molecule has 134 valence electrons. The van der Waals surface area contributed by atoms with Crippen LogP contribution in [0.15, 0.2) is 48.5 Å². The second-order valence-corrected chi connectivity index (χ2v) is 5.91. The molecule has 0 aliphatic carbocycles. The summed E-state index contributed by atoms with van der Waals surface area (Å²) in [5.41, 5.74) is 8.04. The predicted molar refractivity (Wildman–Crippen MR) is 99.2 cm³/mol. The second-order valence-electron chi connectivity index (χ2n) is 5.91. The van der Waals surface area contributed by atoms with E-state index in [1.165, 1.54) is 0 Å². The van der Waals surface area contributed by atoms with Crippen LogP contribution in [0.25, 0.3) is 0 Å². The molecule has 2 atom stereocenters. The monoisotopic (exact) mass is 362 g/mol. The first-order chi connectivity index (χ1) is 11.6. The molecule has 1 aliphatic rings. The molecule has 1 amide bonds. The van der Waals surface area contributed by atoms with Gasteiger partial charge in [0.25, 0.3) is 0 Å². The molecule has 25 heavy (non-hydrogen) atoms. The molecular weight excluding hydrogens is 340 g/mol. The SMILES string of the molecule is CC(NC(=O)CC(N)c1ccccc1)c1ccc2c(c1)OCCO2.Cl. The van der Waals surface area contributed by atoms with Crippen LogP contribution in [0, 0.1) is 0 Å². The summed E-state index contributed by atoms with van der Waals surface area (Å²) >= 11 is 0. The summed E-state index contributed by atoms with van der Waals surface area (Å²) < 4.78 is 11.1. The minimum Gasteiger partial charge on any atom is -0.486 e. The van der Waals surface area contributed by atoms with Crippen LogP contribution in [0.3, 0.4) is 0 Å². The van der Waals surface area contributed by atoms with Crippen molar-refractivity contribution >= 4 is 18.3 Å². The molecule has 0 spiro atoms. The molecule has 0 radical (unpaired) electrons. The fourth-order valence-electron chi connectivity index (χ4n) is 2.73. The maximum absolute atomic E-state index is 12.3. The first-order valence-corrected chi connectivity index (χ1v) is 8.13. The lowest BCUT2D eigenvalue weighted by molar-refractivity contribution is -0.122. The zero-order valence-electron chi connectivity index (χ0n) is 14.1. The molecule has 1 heterocycles. The van der Waals surface area contributed by atoms with Crippen LogP contribution >= 0.6 is 12.4 Å². The van der Waals surface area contributed by atoms with Crippen LogP contribution in [0.4, 0.5) is 0 Å². The highest BCUT2D eigenvalue weighted by atomic mass is 35.5. The first kappa shape index (κ1) is 19.1. The van der Waals surface area contributed by atoms with E-state index in [9.17, 15) is 4.79 Å². The molecule has 2 aromatic rings. The largest absolute Gasteiger partial charge is 0.486 e. The van der Waals surface area contributed by atoms with Crippen LogP contribution in [-0.4, -0.2) is 19.1 Å². The number of amides is 1. The third-order valence-electron chi connectivity index (χ3n) is 4.08. The molecule has 0 aromatic heterocycles. The normalized spacial score (nSPS) is 14.8. The molecule has 0 saturated carbocycles. The number of hydrogen-bond donors (Lipinski definition) is 2. The maximum atomic E-state index is 12.3. The van der Waals surface area contributed by atoms with Gasteiger partial charge < -0.3 is 20.5 Å². The van der Waals surface area contributed by atoms with E-state index >= 15 is 0 Å². The number of fused-ring (bicyclic) bond motifs is 1. The smallest absolute Gasteiger partial charge is 0.222 e. The van der Waals surface area contributed by atoms with Gasteiger partial charge in [-0.15, -0.1) is 12.4 Å². The number of nitrogens with two attached hydrogens (primary N) is 1. The fourth-order valence-corrected chi connectivity index (χ4v) is 2.73. The van der Waals surface area contributed by atoms with E-state index in [1.807, 2.05) is 55.5 Å². The van der Waals surface area contributed by atoms with Crippen molar-refractivity contribution in [3.63, 3.8) is 0 Å². The lowest BCUT2D eigenvalue weighted by Crippen LogP contribution is -2.30. The van der Waals surface area contributed by atoms with Gasteiger partial charge in [-0.3, -0.25) is 4.79 Å². The minimum absolute atomic E-state index is 0. The van der Waals surface area contributed by atoms with Crippen molar-refractivity contribution in [1.29, 1.82) is 0 Å². The van der Waals surface area contributed by atoms with Gasteiger partial charge in [-0.25, -0.2) is 0 Å². The molecule has 0 bridgehead atoms. The van der Waals surface area contributed by atoms with Gasteiger partial charge in [-0.2, -0.15) is 0 Å². The fraction of sp³-hybridized carbons (Fsp3) is 0.316. The number of carbonyl (C=O) groups excluding carboxylic acids is 1. The van der Waals surface area contributed by atoms with Crippen LogP contribution in [0.5, 0.6) is 11.5 Å². The van der Waals surface area contributed by atoms with Crippen LogP contribution in [0.1, 0.15) is 36.6 Å². The molecule has 0 fully saturated rings. The Morgan fingerprint density at radius 3 is 2.48 bits per heavy atom. The Morgan fingerprint density at radius 1 is 1.08 bits per heavy atom. The highest BCUT2D eigenvalue weighted by Gasteiger charge is 2.17. The Labute approximate surface area is 153 Å². The Balaban J connectivity index is 0.00000225.